The van der Waals surface area contributed by atoms with Crippen molar-refractivity contribution in [2.24, 2.45) is 0 Å². The minimum absolute atomic E-state index is 1.18. The molecule has 0 atom stereocenters. The molecule has 0 unspecified atom stereocenters. The Morgan fingerprint density at radius 2 is 1.61 bits per heavy atom. The summed E-state index contributed by atoms with van der Waals surface area (Å²) in [5.41, 5.74) is 6.13. The van der Waals surface area contributed by atoms with Gasteiger partial charge in [-0.25, -0.2) is 0 Å². The van der Waals surface area contributed by atoms with E-state index < -0.39 is 0 Å². The van der Waals surface area contributed by atoms with Crippen molar-refractivity contribution in [1.82, 2.24) is 9.97 Å². The van der Waals surface area contributed by atoms with Gasteiger partial charge in [-0.2, -0.15) is 0 Å². The highest BCUT2D eigenvalue weighted by Crippen LogP contribution is 2.31. The number of H-pyrrole nitrogens is 1. The molecule has 88 valence electrons. The highest BCUT2D eigenvalue weighted by Gasteiger charge is 2.08. The molecule has 0 aliphatic rings. The van der Waals surface area contributed by atoms with Gasteiger partial charge in [0.15, 0.2) is 0 Å². The van der Waals surface area contributed by atoms with Crippen LogP contribution in [-0.2, 0) is 0 Å². The third kappa shape index (κ3) is 1.93. The second kappa shape index (κ2) is 4.49. The largest absolute Gasteiger partial charge is 0.366 e. The molecule has 0 fully saturated rings. The topological polar surface area (TPSA) is 28.7 Å². The fourth-order valence-electron chi connectivity index (χ4n) is 2.19. The zero-order valence-electron chi connectivity index (χ0n) is 10.2. The molecule has 1 N–H and O–H groups in total. The third-order valence-corrected chi connectivity index (χ3v) is 3.07. The van der Waals surface area contributed by atoms with Gasteiger partial charge in [0, 0.05) is 35.9 Å². The number of nitrogens with one attached hydrogen (secondary N) is 1. The number of rotatable bonds is 2. The lowest BCUT2D eigenvalue weighted by atomic mass is 9.99. The number of hydrogen-bond donors (Lipinski definition) is 1. The van der Waals surface area contributed by atoms with Crippen molar-refractivity contribution in [3.05, 3.63) is 66.7 Å². The van der Waals surface area contributed by atoms with E-state index >= 15 is 0 Å². The fourth-order valence-corrected chi connectivity index (χ4v) is 2.19. The fraction of sp³-hybridized carbons (Fsp3) is 0.0625. The Balaban J connectivity index is 2.13. The lowest BCUT2D eigenvalue weighted by Gasteiger charge is -2.05. The maximum atomic E-state index is 4.06. The molecule has 3 rings (SSSR count). The Bertz CT molecular complexity index is 654. The quantitative estimate of drug-likeness (QED) is 0.712. The van der Waals surface area contributed by atoms with Crippen LogP contribution in [-0.4, -0.2) is 9.97 Å². The van der Waals surface area contributed by atoms with E-state index in [4.69, 9.17) is 0 Å². The molecule has 2 aromatic heterocycles. The molecule has 18 heavy (non-hydrogen) atoms. The van der Waals surface area contributed by atoms with Crippen molar-refractivity contribution in [1.29, 1.82) is 0 Å². The Morgan fingerprint density at radius 3 is 2.33 bits per heavy atom. The van der Waals surface area contributed by atoms with Gasteiger partial charge >= 0.3 is 0 Å². The Kier molecular flexibility index (Phi) is 2.69. The molecule has 2 heterocycles. The molecule has 0 aliphatic heterocycles. The van der Waals surface area contributed by atoms with Gasteiger partial charge in [0.1, 0.15) is 0 Å². The van der Waals surface area contributed by atoms with Crippen LogP contribution in [0.4, 0.5) is 0 Å². The normalized spacial score (nSPS) is 10.5. The number of benzene rings is 1. The molecule has 0 bridgehead atoms. The zero-order valence-corrected chi connectivity index (χ0v) is 10.2. The summed E-state index contributed by atoms with van der Waals surface area (Å²) in [5.74, 6) is 0. The van der Waals surface area contributed by atoms with Crippen molar-refractivity contribution >= 4 is 0 Å². The molecule has 2 nitrogen and oxygen atoms in total. The number of aromatic amines is 1. The van der Waals surface area contributed by atoms with Crippen molar-refractivity contribution in [3.63, 3.8) is 0 Å². The molecular formula is C16H14N2. The Hall–Kier alpha value is -2.35. The van der Waals surface area contributed by atoms with Crippen LogP contribution >= 0.6 is 0 Å². The van der Waals surface area contributed by atoms with Gasteiger partial charge in [0.25, 0.3) is 0 Å². The Morgan fingerprint density at radius 1 is 0.889 bits per heavy atom. The molecule has 3 aromatic rings. The summed E-state index contributed by atoms with van der Waals surface area (Å²) < 4.78 is 0. The maximum Gasteiger partial charge on any atom is 0.0273 e. The SMILES string of the molecule is Cc1cccc(-c2c[nH]cc2-c2ccncc2)c1. The van der Waals surface area contributed by atoms with E-state index in [-0.39, 0.29) is 0 Å². The summed E-state index contributed by atoms with van der Waals surface area (Å²) in [5, 5.41) is 0. The van der Waals surface area contributed by atoms with E-state index in [1.807, 2.05) is 36.9 Å². The van der Waals surface area contributed by atoms with Gasteiger partial charge < -0.3 is 4.98 Å². The second-order valence-electron chi connectivity index (χ2n) is 4.39. The summed E-state index contributed by atoms with van der Waals surface area (Å²) in [7, 11) is 0. The molecule has 2 heteroatoms. The molecule has 0 amide bonds. The van der Waals surface area contributed by atoms with Crippen LogP contribution in [0.2, 0.25) is 0 Å². The standard InChI is InChI=1S/C16H14N2/c1-12-3-2-4-14(9-12)16-11-18-10-15(16)13-5-7-17-8-6-13/h2-11,18H,1H3. The number of hydrogen-bond acceptors (Lipinski definition) is 1. The lowest BCUT2D eigenvalue weighted by Crippen LogP contribution is -1.81. The van der Waals surface area contributed by atoms with Gasteiger partial charge in [0.05, 0.1) is 0 Å². The molecule has 0 spiro atoms. The van der Waals surface area contributed by atoms with Crippen LogP contribution < -0.4 is 0 Å². The van der Waals surface area contributed by atoms with Crippen molar-refractivity contribution < 1.29 is 0 Å². The van der Waals surface area contributed by atoms with Crippen molar-refractivity contribution in [2.75, 3.05) is 0 Å². The van der Waals surface area contributed by atoms with E-state index in [9.17, 15) is 0 Å². The van der Waals surface area contributed by atoms with Gasteiger partial charge in [-0.3, -0.25) is 4.98 Å². The summed E-state index contributed by atoms with van der Waals surface area (Å²) in [6.45, 7) is 2.11. The van der Waals surface area contributed by atoms with Gasteiger partial charge in [0.2, 0.25) is 0 Å². The molecule has 0 radical (unpaired) electrons. The summed E-state index contributed by atoms with van der Waals surface area (Å²) in [6.07, 6.45) is 7.72. The molecular weight excluding hydrogens is 220 g/mol. The second-order valence-corrected chi connectivity index (χ2v) is 4.39. The van der Waals surface area contributed by atoms with Crippen LogP contribution in [0.1, 0.15) is 5.56 Å². The van der Waals surface area contributed by atoms with Crippen LogP contribution in [0.25, 0.3) is 22.3 Å². The number of aromatic nitrogens is 2. The van der Waals surface area contributed by atoms with E-state index in [1.54, 1.807) is 0 Å². The predicted molar refractivity (Wildman–Crippen MR) is 74.2 cm³/mol. The molecule has 0 saturated heterocycles. The van der Waals surface area contributed by atoms with Crippen LogP contribution in [0.3, 0.4) is 0 Å². The first-order valence-corrected chi connectivity index (χ1v) is 5.99. The van der Waals surface area contributed by atoms with E-state index in [2.05, 4.69) is 41.2 Å². The number of nitrogens with zero attached hydrogens (tertiary/aromatic N) is 1. The smallest absolute Gasteiger partial charge is 0.0273 e. The molecule has 0 aliphatic carbocycles. The highest BCUT2D eigenvalue weighted by atomic mass is 14.6. The van der Waals surface area contributed by atoms with Crippen molar-refractivity contribution in [2.45, 2.75) is 6.92 Å². The molecule has 0 saturated carbocycles. The first-order chi connectivity index (χ1) is 8.84. The average Bonchev–Trinajstić information content (AvgIpc) is 2.89. The first kappa shape index (κ1) is 10.8. The van der Waals surface area contributed by atoms with Crippen LogP contribution in [0.15, 0.2) is 61.2 Å². The lowest BCUT2D eigenvalue weighted by molar-refractivity contribution is 1.33. The summed E-state index contributed by atoms with van der Waals surface area (Å²) in [6, 6.07) is 12.6. The minimum atomic E-state index is 1.18. The van der Waals surface area contributed by atoms with E-state index in [0.29, 0.717) is 0 Å². The monoisotopic (exact) mass is 234 g/mol. The van der Waals surface area contributed by atoms with Crippen LogP contribution in [0, 0.1) is 6.92 Å². The highest BCUT2D eigenvalue weighted by molar-refractivity contribution is 5.83. The number of pyridine rings is 1. The van der Waals surface area contributed by atoms with Crippen molar-refractivity contribution in [3.8, 4) is 22.3 Å². The van der Waals surface area contributed by atoms with E-state index in [0.717, 1.165) is 0 Å². The first-order valence-electron chi connectivity index (χ1n) is 5.99. The van der Waals surface area contributed by atoms with Gasteiger partial charge in [-0.1, -0.05) is 29.8 Å². The van der Waals surface area contributed by atoms with E-state index in [1.165, 1.54) is 27.8 Å². The summed E-state index contributed by atoms with van der Waals surface area (Å²) >= 11 is 0. The Labute approximate surface area is 106 Å². The minimum Gasteiger partial charge on any atom is -0.366 e. The van der Waals surface area contributed by atoms with Gasteiger partial charge in [-0.05, 0) is 30.2 Å². The number of aryl methyl sites for hydroxylation is 1. The van der Waals surface area contributed by atoms with Crippen LogP contribution in [0.5, 0.6) is 0 Å². The predicted octanol–water partition coefficient (Wildman–Crippen LogP) is 4.05. The molecule has 1 aromatic carbocycles. The zero-order chi connectivity index (χ0) is 12.4. The summed E-state index contributed by atoms with van der Waals surface area (Å²) in [4.78, 5) is 7.26. The van der Waals surface area contributed by atoms with Gasteiger partial charge in [-0.15, -0.1) is 0 Å². The maximum absolute atomic E-state index is 4.06. The third-order valence-electron chi connectivity index (χ3n) is 3.07. The average molecular weight is 234 g/mol.